The summed E-state index contributed by atoms with van der Waals surface area (Å²) >= 11 is 3.40. The molecule has 1 saturated heterocycles. The van der Waals surface area contributed by atoms with E-state index in [-0.39, 0.29) is 16.7 Å². The minimum absolute atomic E-state index is 0.0453. The van der Waals surface area contributed by atoms with Crippen molar-refractivity contribution in [2.75, 3.05) is 37.7 Å². The van der Waals surface area contributed by atoms with Crippen LogP contribution in [0.2, 0.25) is 0 Å². The number of hydrazine groups is 1. The van der Waals surface area contributed by atoms with E-state index in [1.807, 2.05) is 6.07 Å². The number of amides is 1. The Balaban J connectivity index is 1.70. The third-order valence-corrected chi connectivity index (χ3v) is 6.58. The second-order valence-electron chi connectivity index (χ2n) is 6.62. The first-order valence-electron chi connectivity index (χ1n) is 8.44. The molecule has 3 aliphatic rings. The monoisotopic (exact) mass is 429 g/mol. The molecule has 0 atom stereocenters. The smallest absolute Gasteiger partial charge is 0.255 e. The van der Waals surface area contributed by atoms with Crippen LogP contribution in [0.5, 0.6) is 0 Å². The number of nitrogens with one attached hydrogen (secondary N) is 1. The zero-order valence-electron chi connectivity index (χ0n) is 13.7. The number of morpholine rings is 1. The Hall–Kier alpha value is -1.00. The summed E-state index contributed by atoms with van der Waals surface area (Å²) in [6, 6.07) is 3.49. The number of halogens is 1. The maximum absolute atomic E-state index is 13.0. The van der Waals surface area contributed by atoms with E-state index in [1.54, 1.807) is 16.0 Å². The van der Waals surface area contributed by atoms with Crippen molar-refractivity contribution in [2.24, 2.45) is 5.92 Å². The van der Waals surface area contributed by atoms with Gasteiger partial charge in [-0.3, -0.25) is 4.79 Å². The van der Waals surface area contributed by atoms with Gasteiger partial charge >= 0.3 is 0 Å². The van der Waals surface area contributed by atoms with E-state index in [0.29, 0.717) is 49.4 Å². The van der Waals surface area contributed by atoms with Crippen LogP contribution in [0, 0.1) is 5.92 Å². The minimum Gasteiger partial charge on any atom is -0.379 e. The first kappa shape index (κ1) is 17.4. The quantitative estimate of drug-likeness (QED) is 0.779. The lowest BCUT2D eigenvalue weighted by Gasteiger charge is -2.28. The Bertz CT molecular complexity index is 804. The second kappa shape index (κ2) is 6.62. The van der Waals surface area contributed by atoms with Crippen LogP contribution in [-0.2, 0) is 26.0 Å². The molecule has 25 heavy (non-hydrogen) atoms. The van der Waals surface area contributed by atoms with Gasteiger partial charge in [-0.25, -0.2) is 13.4 Å². The van der Waals surface area contributed by atoms with Crippen LogP contribution < -0.4 is 9.73 Å². The topological polar surface area (TPSA) is 79.0 Å². The highest BCUT2D eigenvalue weighted by Gasteiger charge is 2.39. The van der Waals surface area contributed by atoms with E-state index in [9.17, 15) is 13.2 Å². The molecule has 1 aromatic carbocycles. The Labute approximate surface area is 155 Å². The summed E-state index contributed by atoms with van der Waals surface area (Å²) in [6.45, 7) is 2.53. The third kappa shape index (κ3) is 3.48. The number of nitrogens with zero attached hydrogens (tertiary/aromatic N) is 2. The van der Waals surface area contributed by atoms with Crippen LogP contribution in [0.3, 0.4) is 0 Å². The average molecular weight is 430 g/mol. The van der Waals surface area contributed by atoms with Crippen molar-refractivity contribution >= 4 is 37.5 Å². The Morgan fingerprint density at radius 1 is 1.20 bits per heavy atom. The van der Waals surface area contributed by atoms with Crippen molar-refractivity contribution in [1.82, 2.24) is 9.84 Å². The van der Waals surface area contributed by atoms with E-state index in [0.717, 1.165) is 18.4 Å². The standard InChI is InChI=1S/C16H20BrN3O4S/c17-13-9-12-3-4-20(16(21)11-1-2-11)15(12)14(10-13)25(22,23)18-19-5-7-24-8-6-19/h9-11,18H,1-8H2. The van der Waals surface area contributed by atoms with Gasteiger partial charge < -0.3 is 9.64 Å². The van der Waals surface area contributed by atoms with Crippen LogP contribution >= 0.6 is 15.9 Å². The first-order valence-corrected chi connectivity index (χ1v) is 10.7. The Morgan fingerprint density at radius 2 is 1.92 bits per heavy atom. The number of carbonyl (C=O) groups is 1. The van der Waals surface area contributed by atoms with Gasteiger partial charge in [-0.2, -0.15) is 0 Å². The number of sulfonamides is 1. The molecule has 7 nitrogen and oxygen atoms in total. The summed E-state index contributed by atoms with van der Waals surface area (Å²) in [4.78, 5) is 17.1. The third-order valence-electron chi connectivity index (χ3n) is 4.74. The molecule has 136 valence electrons. The summed E-state index contributed by atoms with van der Waals surface area (Å²) in [7, 11) is -3.78. The number of ether oxygens (including phenoxy) is 1. The molecule has 1 amide bonds. The SMILES string of the molecule is O=C(C1CC1)N1CCc2cc(Br)cc(S(=O)(=O)NN3CCOCC3)c21. The largest absolute Gasteiger partial charge is 0.379 e. The van der Waals surface area contributed by atoms with Gasteiger partial charge in [-0.05, 0) is 37.0 Å². The summed E-state index contributed by atoms with van der Waals surface area (Å²) in [5, 5.41) is 1.65. The molecule has 0 radical (unpaired) electrons. The van der Waals surface area contributed by atoms with Crippen molar-refractivity contribution in [3.05, 3.63) is 22.2 Å². The zero-order chi connectivity index (χ0) is 17.6. The normalized spacial score (nSPS) is 21.4. The Morgan fingerprint density at radius 3 is 2.60 bits per heavy atom. The van der Waals surface area contributed by atoms with E-state index >= 15 is 0 Å². The van der Waals surface area contributed by atoms with Gasteiger partial charge in [0.2, 0.25) is 5.91 Å². The molecule has 1 N–H and O–H groups in total. The fourth-order valence-corrected chi connectivity index (χ4v) is 5.37. The minimum atomic E-state index is -3.78. The maximum Gasteiger partial charge on any atom is 0.255 e. The zero-order valence-corrected chi connectivity index (χ0v) is 16.1. The molecule has 1 saturated carbocycles. The van der Waals surface area contributed by atoms with Crippen LogP contribution in [-0.4, -0.2) is 52.2 Å². The van der Waals surface area contributed by atoms with E-state index in [4.69, 9.17) is 4.74 Å². The number of hydrogen-bond acceptors (Lipinski definition) is 5. The summed E-state index contributed by atoms with van der Waals surface area (Å²) in [5.74, 6) is 0.0984. The fourth-order valence-electron chi connectivity index (χ4n) is 3.32. The number of hydrogen-bond donors (Lipinski definition) is 1. The highest BCUT2D eigenvalue weighted by Crippen LogP contribution is 2.41. The van der Waals surface area contributed by atoms with Gasteiger partial charge in [-0.15, -0.1) is 4.83 Å². The van der Waals surface area contributed by atoms with Gasteiger partial charge in [0.1, 0.15) is 4.90 Å². The molecule has 2 fully saturated rings. The maximum atomic E-state index is 13.0. The highest BCUT2D eigenvalue weighted by molar-refractivity contribution is 9.10. The molecular weight excluding hydrogens is 410 g/mol. The molecule has 0 spiro atoms. The van der Waals surface area contributed by atoms with Gasteiger partial charge in [0.05, 0.1) is 18.9 Å². The molecule has 2 heterocycles. The molecule has 1 aliphatic carbocycles. The molecule has 0 bridgehead atoms. The van der Waals surface area contributed by atoms with Crippen molar-refractivity contribution in [3.63, 3.8) is 0 Å². The molecular formula is C16H20BrN3O4S. The van der Waals surface area contributed by atoms with Crippen LogP contribution in [0.4, 0.5) is 5.69 Å². The predicted octanol–water partition coefficient (Wildman–Crippen LogP) is 1.27. The van der Waals surface area contributed by atoms with Gasteiger partial charge in [0.15, 0.2) is 0 Å². The van der Waals surface area contributed by atoms with Crippen molar-refractivity contribution in [3.8, 4) is 0 Å². The van der Waals surface area contributed by atoms with E-state index < -0.39 is 10.0 Å². The fraction of sp³-hybridized carbons (Fsp3) is 0.562. The molecule has 1 aromatic rings. The van der Waals surface area contributed by atoms with Gasteiger partial charge in [-0.1, -0.05) is 15.9 Å². The van der Waals surface area contributed by atoms with Crippen molar-refractivity contribution < 1.29 is 17.9 Å². The number of rotatable bonds is 4. The first-order chi connectivity index (χ1) is 12.0. The number of anilines is 1. The van der Waals surface area contributed by atoms with Crippen LogP contribution in [0.1, 0.15) is 18.4 Å². The lowest BCUT2D eigenvalue weighted by atomic mass is 10.2. The molecule has 9 heteroatoms. The number of benzene rings is 1. The van der Waals surface area contributed by atoms with Crippen molar-refractivity contribution in [1.29, 1.82) is 0 Å². The number of fused-ring (bicyclic) bond motifs is 1. The lowest BCUT2D eigenvalue weighted by Crippen LogP contribution is -2.48. The predicted molar refractivity (Wildman–Crippen MR) is 95.6 cm³/mol. The van der Waals surface area contributed by atoms with E-state index in [2.05, 4.69) is 20.8 Å². The number of carbonyl (C=O) groups excluding carboxylic acids is 1. The summed E-state index contributed by atoms with van der Waals surface area (Å²) in [6.07, 6.45) is 2.47. The second-order valence-corrected chi connectivity index (χ2v) is 9.16. The molecule has 0 unspecified atom stereocenters. The summed E-state index contributed by atoms with van der Waals surface area (Å²) in [5.41, 5.74) is 1.44. The van der Waals surface area contributed by atoms with Crippen molar-refractivity contribution in [2.45, 2.75) is 24.2 Å². The highest BCUT2D eigenvalue weighted by atomic mass is 79.9. The van der Waals surface area contributed by atoms with E-state index in [1.165, 1.54) is 0 Å². The van der Waals surface area contributed by atoms with Crippen LogP contribution in [0.25, 0.3) is 0 Å². The van der Waals surface area contributed by atoms with Gasteiger partial charge in [0, 0.05) is 30.0 Å². The molecule has 4 rings (SSSR count). The molecule has 0 aromatic heterocycles. The average Bonchev–Trinajstić information content (AvgIpc) is 3.34. The van der Waals surface area contributed by atoms with Crippen LogP contribution in [0.15, 0.2) is 21.5 Å². The summed E-state index contributed by atoms with van der Waals surface area (Å²) < 4.78 is 32.0. The lowest BCUT2D eigenvalue weighted by molar-refractivity contribution is -0.119. The Kier molecular flexibility index (Phi) is 4.61. The van der Waals surface area contributed by atoms with Gasteiger partial charge in [0.25, 0.3) is 10.0 Å². The molecule has 2 aliphatic heterocycles.